The number of aliphatic carboxylic acids is 1. The number of oxazole rings is 1. The molecule has 3 heterocycles. The van der Waals surface area contributed by atoms with Gasteiger partial charge in [-0.05, 0) is 26.3 Å². The van der Waals surface area contributed by atoms with Gasteiger partial charge in [0.2, 0.25) is 5.89 Å². The number of nitrogens with zero attached hydrogens (tertiary/aromatic N) is 4. The van der Waals surface area contributed by atoms with E-state index in [1.807, 2.05) is 37.3 Å². The number of carbonyl (C=O) groups is 1. The first-order chi connectivity index (χ1) is 14.7. The van der Waals surface area contributed by atoms with Crippen molar-refractivity contribution in [3.05, 3.63) is 54.1 Å². The van der Waals surface area contributed by atoms with Crippen LogP contribution in [-0.4, -0.2) is 55.4 Å². The van der Waals surface area contributed by atoms with Crippen LogP contribution in [-0.2, 0) is 11.3 Å². The van der Waals surface area contributed by atoms with Gasteiger partial charge in [0.15, 0.2) is 5.82 Å². The minimum Gasteiger partial charge on any atom is -0.475 e. The highest BCUT2D eigenvalue weighted by molar-refractivity contribution is 5.73. The number of benzene rings is 1. The Morgan fingerprint density at radius 3 is 2.61 bits per heavy atom. The number of H-pyrrole nitrogens is 1. The van der Waals surface area contributed by atoms with Crippen LogP contribution < -0.4 is 0 Å². The average Bonchev–Trinajstić information content (AvgIpc) is 3.38. The number of alkyl halides is 3. The van der Waals surface area contributed by atoms with E-state index in [0.29, 0.717) is 5.92 Å². The number of hydrogen-bond acceptors (Lipinski definition) is 6. The van der Waals surface area contributed by atoms with Crippen molar-refractivity contribution in [3.63, 3.8) is 0 Å². The maximum Gasteiger partial charge on any atom is 0.490 e. The van der Waals surface area contributed by atoms with Crippen LogP contribution in [0.2, 0.25) is 0 Å². The van der Waals surface area contributed by atoms with Crippen LogP contribution in [0, 0.1) is 6.92 Å². The third kappa shape index (κ3) is 6.38. The van der Waals surface area contributed by atoms with Crippen molar-refractivity contribution >= 4 is 5.97 Å². The first kappa shape index (κ1) is 22.5. The predicted molar refractivity (Wildman–Crippen MR) is 104 cm³/mol. The van der Waals surface area contributed by atoms with Crippen LogP contribution in [0.3, 0.4) is 0 Å². The summed E-state index contributed by atoms with van der Waals surface area (Å²) < 4.78 is 37.4. The first-order valence-corrected chi connectivity index (χ1v) is 9.63. The fourth-order valence-electron chi connectivity index (χ4n) is 3.27. The molecule has 4 rings (SSSR count). The summed E-state index contributed by atoms with van der Waals surface area (Å²) in [4.78, 5) is 20.4. The zero-order valence-electron chi connectivity index (χ0n) is 16.8. The van der Waals surface area contributed by atoms with Crippen molar-refractivity contribution in [2.45, 2.75) is 38.4 Å². The van der Waals surface area contributed by atoms with Crippen LogP contribution in [0.4, 0.5) is 13.2 Å². The molecule has 31 heavy (non-hydrogen) atoms. The molecule has 2 aromatic heterocycles. The molecule has 3 aromatic rings. The molecule has 11 heteroatoms. The minimum atomic E-state index is -5.08. The lowest BCUT2D eigenvalue weighted by atomic mass is 9.97. The summed E-state index contributed by atoms with van der Waals surface area (Å²) in [5.41, 5.74) is 1.98. The van der Waals surface area contributed by atoms with Crippen LogP contribution in [0.15, 0.2) is 41.0 Å². The zero-order valence-corrected chi connectivity index (χ0v) is 16.8. The van der Waals surface area contributed by atoms with Gasteiger partial charge >= 0.3 is 12.1 Å². The van der Waals surface area contributed by atoms with Crippen LogP contribution in [0.5, 0.6) is 0 Å². The lowest BCUT2D eigenvalue weighted by Gasteiger charge is -2.30. The molecule has 0 aliphatic carbocycles. The van der Waals surface area contributed by atoms with Crippen molar-refractivity contribution in [1.29, 1.82) is 0 Å². The van der Waals surface area contributed by atoms with Gasteiger partial charge in [-0.2, -0.15) is 18.3 Å². The standard InChI is InChI=1S/C18H21N5O.C2HF3O2/c1-13-19-18(22-21-13)15-8-5-9-23(10-15)11-17-20-16(12-24-17)14-6-3-2-4-7-14;3-2(4,5)1(6)7/h2-4,6-7,12,15H,5,8-11H2,1H3,(H,19,21,22);(H,6,7). The molecule has 1 atom stereocenters. The van der Waals surface area contributed by atoms with Gasteiger partial charge < -0.3 is 9.52 Å². The molecule has 0 saturated carbocycles. The lowest BCUT2D eigenvalue weighted by Crippen LogP contribution is -2.34. The molecule has 1 unspecified atom stereocenters. The molecule has 8 nitrogen and oxygen atoms in total. The van der Waals surface area contributed by atoms with Crippen LogP contribution >= 0.6 is 0 Å². The molecule has 0 bridgehead atoms. The van der Waals surface area contributed by atoms with E-state index < -0.39 is 12.1 Å². The smallest absolute Gasteiger partial charge is 0.475 e. The van der Waals surface area contributed by atoms with Gasteiger partial charge in [-0.1, -0.05) is 30.3 Å². The summed E-state index contributed by atoms with van der Waals surface area (Å²) in [6, 6.07) is 10.1. The number of aromatic amines is 1. The molecule has 1 fully saturated rings. The van der Waals surface area contributed by atoms with Crippen LogP contribution in [0.25, 0.3) is 11.3 Å². The first-order valence-electron chi connectivity index (χ1n) is 9.63. The van der Waals surface area contributed by atoms with Gasteiger partial charge in [0.25, 0.3) is 0 Å². The number of hydrogen-bond donors (Lipinski definition) is 2. The van der Waals surface area contributed by atoms with Crippen LogP contribution in [0.1, 0.15) is 36.3 Å². The number of nitrogens with one attached hydrogen (secondary N) is 1. The fraction of sp³-hybridized carbons (Fsp3) is 0.400. The summed E-state index contributed by atoms with van der Waals surface area (Å²) in [7, 11) is 0. The van der Waals surface area contributed by atoms with Gasteiger partial charge in [0, 0.05) is 18.0 Å². The average molecular weight is 437 g/mol. The second-order valence-corrected chi connectivity index (χ2v) is 7.15. The summed E-state index contributed by atoms with van der Waals surface area (Å²) in [6.45, 7) is 4.67. The molecule has 1 aliphatic heterocycles. The van der Waals surface area contributed by atoms with E-state index >= 15 is 0 Å². The summed E-state index contributed by atoms with van der Waals surface area (Å²) >= 11 is 0. The van der Waals surface area contributed by atoms with E-state index in [9.17, 15) is 13.2 Å². The van der Waals surface area contributed by atoms with Crippen molar-refractivity contribution in [2.24, 2.45) is 0 Å². The van der Waals surface area contributed by atoms with Crippen molar-refractivity contribution in [1.82, 2.24) is 25.1 Å². The molecular weight excluding hydrogens is 415 g/mol. The highest BCUT2D eigenvalue weighted by atomic mass is 19.4. The maximum atomic E-state index is 10.6. The Morgan fingerprint density at radius 2 is 2.00 bits per heavy atom. The highest BCUT2D eigenvalue weighted by Gasteiger charge is 2.38. The maximum absolute atomic E-state index is 10.6. The van der Waals surface area contributed by atoms with E-state index in [4.69, 9.17) is 14.3 Å². The Hall–Kier alpha value is -3.21. The Kier molecular flexibility index (Phi) is 7.06. The topological polar surface area (TPSA) is 108 Å². The monoisotopic (exact) mass is 437 g/mol. The summed E-state index contributed by atoms with van der Waals surface area (Å²) in [5, 5.41) is 14.4. The third-order valence-electron chi connectivity index (χ3n) is 4.71. The second kappa shape index (κ2) is 9.73. The molecule has 0 amide bonds. The number of carboxylic acid groups (broad SMARTS) is 1. The largest absolute Gasteiger partial charge is 0.490 e. The predicted octanol–water partition coefficient (Wildman–Crippen LogP) is 3.78. The molecule has 1 aliphatic rings. The number of likely N-dealkylation sites (tertiary alicyclic amines) is 1. The van der Waals surface area contributed by atoms with Gasteiger partial charge in [-0.3, -0.25) is 10.00 Å². The number of halogens is 3. The highest BCUT2D eigenvalue weighted by Crippen LogP contribution is 2.26. The quantitative estimate of drug-likeness (QED) is 0.639. The summed E-state index contributed by atoms with van der Waals surface area (Å²) in [5.74, 6) is 0.192. The molecule has 0 radical (unpaired) electrons. The number of piperidine rings is 1. The van der Waals surface area contributed by atoms with Gasteiger partial charge in [0.1, 0.15) is 17.8 Å². The lowest BCUT2D eigenvalue weighted by molar-refractivity contribution is -0.192. The Bertz CT molecular complexity index is 987. The number of rotatable bonds is 4. The normalized spacial score (nSPS) is 17.1. The van der Waals surface area contributed by atoms with E-state index in [1.165, 1.54) is 0 Å². The van der Waals surface area contributed by atoms with E-state index in [0.717, 1.165) is 61.3 Å². The summed E-state index contributed by atoms with van der Waals surface area (Å²) in [6.07, 6.45) is -1.07. The molecular formula is C20H22F3N5O3. The van der Waals surface area contributed by atoms with E-state index in [-0.39, 0.29) is 0 Å². The van der Waals surface area contributed by atoms with E-state index in [1.54, 1.807) is 6.26 Å². The number of aromatic nitrogens is 4. The van der Waals surface area contributed by atoms with Gasteiger partial charge in [0.05, 0.1) is 6.54 Å². The molecule has 2 N–H and O–H groups in total. The number of aryl methyl sites for hydroxylation is 1. The van der Waals surface area contributed by atoms with Crippen molar-refractivity contribution in [2.75, 3.05) is 13.1 Å². The van der Waals surface area contributed by atoms with Crippen molar-refractivity contribution in [3.8, 4) is 11.3 Å². The minimum absolute atomic E-state index is 0.382. The second-order valence-electron chi connectivity index (χ2n) is 7.15. The Morgan fingerprint density at radius 1 is 1.29 bits per heavy atom. The fourth-order valence-corrected chi connectivity index (χ4v) is 3.27. The molecule has 1 saturated heterocycles. The third-order valence-corrected chi connectivity index (χ3v) is 4.71. The Labute approximate surface area is 176 Å². The molecule has 166 valence electrons. The van der Waals surface area contributed by atoms with Crippen molar-refractivity contribution < 1.29 is 27.5 Å². The van der Waals surface area contributed by atoms with Gasteiger partial charge in [-0.25, -0.2) is 14.8 Å². The van der Waals surface area contributed by atoms with E-state index in [2.05, 4.69) is 25.1 Å². The molecule has 1 aromatic carbocycles. The Balaban J connectivity index is 0.000000339. The molecule has 0 spiro atoms. The number of carboxylic acids is 1. The van der Waals surface area contributed by atoms with Gasteiger partial charge in [-0.15, -0.1) is 0 Å². The zero-order chi connectivity index (χ0) is 22.4. The SMILES string of the molecule is Cc1nc(C2CCCN(Cc3nc(-c4ccccc4)co3)C2)n[nH]1.O=C(O)C(F)(F)F.